The van der Waals surface area contributed by atoms with Crippen LogP contribution in [0.25, 0.3) is 10.8 Å². The Morgan fingerprint density at radius 3 is 2.48 bits per heavy atom. The molecule has 1 atom stereocenters. The number of carbonyl (C=O) groups is 3. The van der Waals surface area contributed by atoms with Crippen molar-refractivity contribution < 1.29 is 19.1 Å². The predicted octanol–water partition coefficient (Wildman–Crippen LogP) is 0.417. The van der Waals surface area contributed by atoms with Gasteiger partial charge in [0.05, 0.1) is 5.39 Å². The first-order valence-electron chi connectivity index (χ1n) is 7.62. The van der Waals surface area contributed by atoms with Gasteiger partial charge in [0.2, 0.25) is 0 Å². The van der Waals surface area contributed by atoms with Crippen LogP contribution < -0.4 is 16.2 Å². The number of hydrogen-bond donors (Lipinski definition) is 2. The minimum atomic E-state index is -1.22. The molecule has 0 radical (unpaired) electrons. The molecule has 2 N–H and O–H groups in total. The number of ether oxygens (including phenoxy) is 1. The van der Waals surface area contributed by atoms with E-state index in [1.165, 1.54) is 14.0 Å². The van der Waals surface area contributed by atoms with Crippen molar-refractivity contribution >= 4 is 28.7 Å². The van der Waals surface area contributed by atoms with Gasteiger partial charge < -0.3 is 10.1 Å². The van der Waals surface area contributed by atoms with Crippen molar-refractivity contribution in [1.82, 2.24) is 20.4 Å². The van der Waals surface area contributed by atoms with E-state index >= 15 is 0 Å². The maximum absolute atomic E-state index is 12.4. The third-order valence-corrected chi connectivity index (χ3v) is 3.48. The number of benzene rings is 1. The first-order chi connectivity index (χ1) is 11.9. The molecule has 0 saturated heterocycles. The maximum atomic E-state index is 12.4. The molecule has 0 aliphatic rings. The molecule has 9 nitrogen and oxygen atoms in total. The number of amides is 3. The molecule has 0 spiro atoms. The van der Waals surface area contributed by atoms with Crippen molar-refractivity contribution in [1.29, 1.82) is 0 Å². The molecule has 2 aromatic rings. The zero-order chi connectivity index (χ0) is 18.6. The summed E-state index contributed by atoms with van der Waals surface area (Å²) in [5, 5.41) is 8.92. The number of rotatable bonds is 4. The number of hydrogen-bond acceptors (Lipinski definition) is 6. The van der Waals surface area contributed by atoms with E-state index in [-0.39, 0.29) is 17.8 Å². The Hall–Kier alpha value is -3.23. The summed E-state index contributed by atoms with van der Waals surface area (Å²) >= 11 is 0. The van der Waals surface area contributed by atoms with E-state index in [4.69, 9.17) is 4.74 Å². The summed E-state index contributed by atoms with van der Waals surface area (Å²) in [6.07, 6.45) is -1.22. The average molecular weight is 346 g/mol. The fourth-order valence-corrected chi connectivity index (χ4v) is 2.15. The molecule has 9 heteroatoms. The lowest BCUT2D eigenvalue weighted by atomic mass is 10.1. The Balaban J connectivity index is 2.33. The standard InChI is InChI=1S/C16H18N4O5/c1-4-20-14(22)11-8-6-5-7-10(11)12(19-20)15(23)25-9(2)13(21)18-16(24)17-3/h5-9H,4H2,1-3H3,(H2,17,18,21,24)/t9-/m0/s1. The van der Waals surface area contributed by atoms with E-state index in [9.17, 15) is 19.2 Å². The number of urea groups is 1. The van der Waals surface area contributed by atoms with Gasteiger partial charge >= 0.3 is 12.0 Å². The van der Waals surface area contributed by atoms with Crippen LogP contribution in [0.5, 0.6) is 0 Å². The van der Waals surface area contributed by atoms with Crippen LogP contribution >= 0.6 is 0 Å². The second kappa shape index (κ2) is 7.56. The Kier molecular flexibility index (Phi) is 5.48. The Morgan fingerprint density at radius 2 is 1.88 bits per heavy atom. The lowest BCUT2D eigenvalue weighted by molar-refractivity contribution is -0.127. The zero-order valence-electron chi connectivity index (χ0n) is 14.0. The van der Waals surface area contributed by atoms with Gasteiger partial charge in [0.15, 0.2) is 11.8 Å². The van der Waals surface area contributed by atoms with Gasteiger partial charge in [-0.3, -0.25) is 14.9 Å². The fourth-order valence-electron chi connectivity index (χ4n) is 2.15. The second-order valence-corrected chi connectivity index (χ2v) is 5.13. The molecule has 2 rings (SSSR count). The van der Waals surface area contributed by atoms with Gasteiger partial charge in [0.25, 0.3) is 11.5 Å². The summed E-state index contributed by atoms with van der Waals surface area (Å²) in [7, 11) is 1.35. The van der Waals surface area contributed by atoms with Crippen LogP contribution in [0.15, 0.2) is 29.1 Å². The van der Waals surface area contributed by atoms with Gasteiger partial charge in [-0.1, -0.05) is 18.2 Å². The smallest absolute Gasteiger partial charge is 0.360 e. The van der Waals surface area contributed by atoms with Crippen LogP contribution in [0.1, 0.15) is 24.3 Å². The third-order valence-electron chi connectivity index (χ3n) is 3.48. The molecule has 1 heterocycles. The van der Waals surface area contributed by atoms with Gasteiger partial charge in [-0.15, -0.1) is 0 Å². The van der Waals surface area contributed by atoms with Crippen LogP contribution in [0.2, 0.25) is 0 Å². The Labute approximate surface area is 143 Å². The number of aryl methyl sites for hydroxylation is 1. The van der Waals surface area contributed by atoms with Crippen molar-refractivity contribution in [3.8, 4) is 0 Å². The van der Waals surface area contributed by atoms with E-state index < -0.39 is 24.0 Å². The summed E-state index contributed by atoms with van der Waals surface area (Å²) in [6, 6.07) is 5.80. The largest absolute Gasteiger partial charge is 0.448 e. The summed E-state index contributed by atoms with van der Waals surface area (Å²) in [6.45, 7) is 3.32. The van der Waals surface area contributed by atoms with E-state index in [0.717, 1.165) is 4.68 Å². The monoisotopic (exact) mass is 346 g/mol. The predicted molar refractivity (Wildman–Crippen MR) is 89.2 cm³/mol. The highest BCUT2D eigenvalue weighted by Gasteiger charge is 2.23. The van der Waals surface area contributed by atoms with Crippen LogP contribution in [0, 0.1) is 0 Å². The lowest BCUT2D eigenvalue weighted by Gasteiger charge is -2.14. The van der Waals surface area contributed by atoms with Gasteiger partial charge in [-0.25, -0.2) is 14.3 Å². The van der Waals surface area contributed by atoms with Crippen molar-refractivity contribution in [3.05, 3.63) is 40.3 Å². The molecule has 0 fully saturated rings. The topological polar surface area (TPSA) is 119 Å². The van der Waals surface area contributed by atoms with Crippen LogP contribution in [0.3, 0.4) is 0 Å². The molecule has 0 aliphatic heterocycles. The first-order valence-corrected chi connectivity index (χ1v) is 7.62. The number of nitrogens with one attached hydrogen (secondary N) is 2. The van der Waals surface area contributed by atoms with Crippen molar-refractivity contribution in [2.45, 2.75) is 26.5 Å². The third kappa shape index (κ3) is 3.82. The summed E-state index contributed by atoms with van der Waals surface area (Å²) in [5.41, 5.74) is -0.392. The van der Waals surface area contributed by atoms with Gasteiger partial charge in [0.1, 0.15) is 0 Å². The Bertz CT molecular complexity index is 890. The summed E-state index contributed by atoms with van der Waals surface area (Å²) < 4.78 is 6.23. The molecule has 1 aromatic carbocycles. The molecule has 0 aliphatic carbocycles. The molecular weight excluding hydrogens is 328 g/mol. The molecule has 25 heavy (non-hydrogen) atoms. The van der Waals surface area contributed by atoms with Crippen LogP contribution in [0.4, 0.5) is 4.79 Å². The van der Waals surface area contributed by atoms with E-state index in [2.05, 4.69) is 10.4 Å². The number of aromatic nitrogens is 2. The lowest BCUT2D eigenvalue weighted by Crippen LogP contribution is -2.43. The van der Waals surface area contributed by atoms with E-state index in [1.54, 1.807) is 31.2 Å². The van der Waals surface area contributed by atoms with Crippen molar-refractivity contribution in [2.75, 3.05) is 7.05 Å². The second-order valence-electron chi connectivity index (χ2n) is 5.13. The van der Waals surface area contributed by atoms with E-state index in [0.29, 0.717) is 10.8 Å². The molecule has 0 unspecified atom stereocenters. The number of nitrogens with zero attached hydrogens (tertiary/aromatic N) is 2. The highest BCUT2D eigenvalue weighted by molar-refractivity contribution is 6.03. The summed E-state index contributed by atoms with van der Waals surface area (Å²) in [5.74, 6) is -1.64. The van der Waals surface area contributed by atoms with Crippen molar-refractivity contribution in [3.63, 3.8) is 0 Å². The van der Waals surface area contributed by atoms with Crippen LogP contribution in [-0.4, -0.2) is 40.8 Å². The molecule has 0 bridgehead atoms. The fraction of sp³-hybridized carbons (Fsp3) is 0.312. The summed E-state index contributed by atoms with van der Waals surface area (Å²) in [4.78, 5) is 47.6. The Morgan fingerprint density at radius 1 is 1.24 bits per heavy atom. The maximum Gasteiger partial charge on any atom is 0.360 e. The average Bonchev–Trinajstić information content (AvgIpc) is 2.61. The highest BCUT2D eigenvalue weighted by Crippen LogP contribution is 2.15. The zero-order valence-corrected chi connectivity index (χ0v) is 14.0. The molecule has 0 saturated carbocycles. The van der Waals surface area contributed by atoms with E-state index in [1.807, 2.05) is 5.32 Å². The molecular formula is C16H18N4O5. The minimum absolute atomic E-state index is 0.0726. The highest BCUT2D eigenvalue weighted by atomic mass is 16.5. The normalized spacial score (nSPS) is 11.6. The SMILES string of the molecule is CCn1nc(C(=O)O[C@@H](C)C(=O)NC(=O)NC)c2ccccc2c1=O. The number of fused-ring (bicyclic) bond motifs is 1. The number of imide groups is 1. The van der Waals surface area contributed by atoms with Gasteiger partial charge in [-0.05, 0) is 19.9 Å². The van der Waals surface area contributed by atoms with Crippen molar-refractivity contribution in [2.24, 2.45) is 0 Å². The van der Waals surface area contributed by atoms with Crippen LogP contribution in [-0.2, 0) is 16.1 Å². The van der Waals surface area contributed by atoms with Gasteiger partial charge in [-0.2, -0.15) is 5.10 Å². The molecule has 1 aromatic heterocycles. The minimum Gasteiger partial charge on any atom is -0.448 e. The quantitative estimate of drug-likeness (QED) is 0.774. The molecule has 3 amide bonds. The number of esters is 1. The number of carbonyl (C=O) groups excluding carboxylic acids is 3. The molecule has 132 valence electrons. The first kappa shape index (κ1) is 18.1. The van der Waals surface area contributed by atoms with Gasteiger partial charge in [0, 0.05) is 19.0 Å².